The Balaban J connectivity index is 1.83. The summed E-state index contributed by atoms with van der Waals surface area (Å²) in [5, 5.41) is 11.3. The number of carbonyl (C=O) groups excluding carboxylic acids is 3. The third-order valence-corrected chi connectivity index (χ3v) is 6.21. The predicted molar refractivity (Wildman–Crippen MR) is 141 cm³/mol. The molecule has 37 heavy (non-hydrogen) atoms. The van der Waals surface area contributed by atoms with Crippen molar-refractivity contribution in [2.75, 3.05) is 12.0 Å². The first-order valence-corrected chi connectivity index (χ1v) is 12.1. The molecule has 1 fully saturated rings. The number of hydrogen-bond acceptors (Lipinski definition) is 6. The van der Waals surface area contributed by atoms with E-state index in [1.807, 2.05) is 45.0 Å². The predicted octanol–water partition coefficient (Wildman–Crippen LogP) is 5.45. The molecule has 1 aliphatic heterocycles. The van der Waals surface area contributed by atoms with Crippen molar-refractivity contribution in [1.82, 2.24) is 0 Å². The number of nitrogens with zero attached hydrogens (tertiary/aromatic N) is 1. The lowest BCUT2D eigenvalue weighted by Crippen LogP contribution is -2.29. The van der Waals surface area contributed by atoms with E-state index in [1.165, 1.54) is 24.1 Å². The first-order valence-electron chi connectivity index (χ1n) is 12.1. The Bertz CT molecular complexity index is 1340. The Morgan fingerprint density at radius 1 is 0.919 bits per heavy atom. The molecule has 0 spiro atoms. The number of ether oxygens (including phenoxy) is 2. The van der Waals surface area contributed by atoms with Crippen LogP contribution in [0.1, 0.15) is 53.9 Å². The van der Waals surface area contributed by atoms with Gasteiger partial charge in [-0.1, -0.05) is 31.2 Å². The molecule has 190 valence electrons. The second-order valence-corrected chi connectivity index (χ2v) is 8.99. The number of esters is 1. The Hall–Kier alpha value is -4.39. The number of ketones is 1. The molecule has 1 atom stereocenters. The van der Waals surface area contributed by atoms with Crippen LogP contribution in [-0.2, 0) is 20.7 Å². The summed E-state index contributed by atoms with van der Waals surface area (Å²) in [6.07, 6.45) is 0.821. The van der Waals surface area contributed by atoms with E-state index in [0.29, 0.717) is 28.1 Å². The lowest BCUT2D eigenvalue weighted by Gasteiger charge is -2.25. The van der Waals surface area contributed by atoms with Gasteiger partial charge in [0.05, 0.1) is 30.4 Å². The smallest absolute Gasteiger partial charge is 0.337 e. The van der Waals surface area contributed by atoms with Crippen molar-refractivity contribution in [2.45, 2.75) is 39.3 Å². The van der Waals surface area contributed by atoms with Gasteiger partial charge in [0.2, 0.25) is 0 Å². The minimum absolute atomic E-state index is 0.0104. The number of hydrogen-bond donors (Lipinski definition) is 1. The fourth-order valence-electron chi connectivity index (χ4n) is 4.34. The molecule has 4 rings (SSSR count). The first kappa shape index (κ1) is 25.7. The zero-order valence-corrected chi connectivity index (χ0v) is 21.2. The van der Waals surface area contributed by atoms with Crippen LogP contribution in [0.15, 0.2) is 78.4 Å². The van der Waals surface area contributed by atoms with E-state index in [1.54, 1.807) is 36.4 Å². The van der Waals surface area contributed by atoms with Gasteiger partial charge in [-0.15, -0.1) is 0 Å². The molecule has 7 nitrogen and oxygen atoms in total. The number of Topliss-reactive ketones (excluding diaryl/α,β-unsaturated/α-hetero) is 1. The molecule has 0 aliphatic carbocycles. The number of rotatable bonds is 7. The van der Waals surface area contributed by atoms with Gasteiger partial charge in [0.1, 0.15) is 11.5 Å². The molecule has 0 bridgehead atoms. The van der Waals surface area contributed by atoms with Crippen LogP contribution < -0.4 is 9.64 Å². The molecule has 1 aliphatic rings. The molecule has 1 N–H and O–H groups in total. The maximum atomic E-state index is 13.3. The highest BCUT2D eigenvalue weighted by molar-refractivity contribution is 6.51. The SMILES string of the molecule is CCc1ccc(C2/C(=C(\O)c3ccc(OC(C)C)cc3)C(=O)C(=O)N2c2ccc(C(=O)OC)cc2)cc1. The van der Waals surface area contributed by atoms with E-state index in [2.05, 4.69) is 0 Å². The number of methoxy groups -OCH3 is 1. The molecule has 0 saturated carbocycles. The third-order valence-electron chi connectivity index (χ3n) is 6.21. The number of carbonyl (C=O) groups is 3. The van der Waals surface area contributed by atoms with Crippen LogP contribution in [0.4, 0.5) is 5.69 Å². The minimum Gasteiger partial charge on any atom is -0.507 e. The molecule has 0 aromatic heterocycles. The van der Waals surface area contributed by atoms with Crippen molar-refractivity contribution >= 4 is 29.1 Å². The first-order chi connectivity index (χ1) is 17.7. The van der Waals surface area contributed by atoms with Crippen LogP contribution in [0.25, 0.3) is 5.76 Å². The molecule has 3 aromatic carbocycles. The average Bonchev–Trinajstić information content (AvgIpc) is 3.18. The summed E-state index contributed by atoms with van der Waals surface area (Å²) in [5.41, 5.74) is 2.89. The maximum Gasteiger partial charge on any atom is 0.337 e. The molecule has 1 heterocycles. The highest BCUT2D eigenvalue weighted by atomic mass is 16.5. The standard InChI is InChI=1S/C30H29NO6/c1-5-19-6-8-20(9-7-19)26-25(27(32)21-12-16-24(17-13-21)37-18(2)3)28(33)29(34)31(26)23-14-10-22(11-15-23)30(35)36-4/h6-18,26,32H,5H2,1-4H3/b27-25+. The van der Waals surface area contributed by atoms with E-state index in [4.69, 9.17) is 9.47 Å². The Labute approximate surface area is 215 Å². The van der Waals surface area contributed by atoms with Gasteiger partial charge >= 0.3 is 5.97 Å². The normalized spacial score (nSPS) is 16.8. The topological polar surface area (TPSA) is 93.1 Å². The highest BCUT2D eigenvalue weighted by Crippen LogP contribution is 2.42. The summed E-state index contributed by atoms with van der Waals surface area (Å²) < 4.78 is 10.4. The van der Waals surface area contributed by atoms with Gasteiger partial charge in [-0.3, -0.25) is 14.5 Å². The number of aliphatic hydroxyl groups excluding tert-OH is 1. The van der Waals surface area contributed by atoms with Gasteiger partial charge < -0.3 is 14.6 Å². The highest BCUT2D eigenvalue weighted by Gasteiger charge is 2.47. The monoisotopic (exact) mass is 499 g/mol. The van der Waals surface area contributed by atoms with Gasteiger partial charge in [0.25, 0.3) is 11.7 Å². The van der Waals surface area contributed by atoms with Crippen LogP contribution in [0.2, 0.25) is 0 Å². The van der Waals surface area contributed by atoms with E-state index >= 15 is 0 Å². The van der Waals surface area contributed by atoms with Gasteiger partial charge in [-0.2, -0.15) is 0 Å². The van der Waals surface area contributed by atoms with Crippen LogP contribution >= 0.6 is 0 Å². The fourth-order valence-corrected chi connectivity index (χ4v) is 4.34. The summed E-state index contributed by atoms with van der Waals surface area (Å²) in [7, 11) is 1.29. The molecular formula is C30H29NO6. The van der Waals surface area contributed by atoms with Gasteiger partial charge in [0.15, 0.2) is 0 Å². The Morgan fingerprint density at radius 2 is 1.51 bits per heavy atom. The average molecular weight is 500 g/mol. The summed E-state index contributed by atoms with van der Waals surface area (Å²) >= 11 is 0. The van der Waals surface area contributed by atoms with Crippen molar-refractivity contribution in [1.29, 1.82) is 0 Å². The molecule has 1 unspecified atom stereocenters. The number of aryl methyl sites for hydroxylation is 1. The van der Waals surface area contributed by atoms with Crippen molar-refractivity contribution in [3.05, 3.63) is 101 Å². The summed E-state index contributed by atoms with van der Waals surface area (Å²) in [6.45, 7) is 5.87. The van der Waals surface area contributed by atoms with Gasteiger partial charge in [-0.05, 0) is 79.9 Å². The number of benzene rings is 3. The second-order valence-electron chi connectivity index (χ2n) is 8.99. The quantitative estimate of drug-likeness (QED) is 0.201. The number of amides is 1. The molecule has 3 aromatic rings. The molecule has 0 radical (unpaired) electrons. The molecule has 1 saturated heterocycles. The largest absolute Gasteiger partial charge is 0.507 e. The Kier molecular flexibility index (Phi) is 7.43. The fraction of sp³-hybridized carbons (Fsp3) is 0.233. The van der Waals surface area contributed by atoms with E-state index < -0.39 is 23.7 Å². The maximum absolute atomic E-state index is 13.3. The van der Waals surface area contributed by atoms with E-state index in [0.717, 1.165) is 12.0 Å². The lowest BCUT2D eigenvalue weighted by molar-refractivity contribution is -0.132. The summed E-state index contributed by atoms with van der Waals surface area (Å²) in [6, 6.07) is 19.7. The van der Waals surface area contributed by atoms with Crippen LogP contribution in [0.5, 0.6) is 5.75 Å². The van der Waals surface area contributed by atoms with Crippen LogP contribution in [0.3, 0.4) is 0 Å². The van der Waals surface area contributed by atoms with E-state index in [9.17, 15) is 19.5 Å². The van der Waals surface area contributed by atoms with Crippen LogP contribution in [0, 0.1) is 0 Å². The van der Waals surface area contributed by atoms with Crippen molar-refractivity contribution < 1.29 is 29.0 Å². The Morgan fingerprint density at radius 3 is 2.05 bits per heavy atom. The second kappa shape index (κ2) is 10.7. The van der Waals surface area contributed by atoms with Crippen molar-refractivity contribution in [3.63, 3.8) is 0 Å². The third kappa shape index (κ3) is 5.11. The van der Waals surface area contributed by atoms with Gasteiger partial charge in [0, 0.05) is 11.3 Å². The summed E-state index contributed by atoms with van der Waals surface area (Å²) in [5.74, 6) is -1.71. The van der Waals surface area contributed by atoms with Crippen LogP contribution in [-0.4, -0.2) is 36.0 Å². The number of aliphatic hydroxyl groups is 1. The molecule has 1 amide bonds. The molecular weight excluding hydrogens is 470 g/mol. The molecule has 7 heteroatoms. The zero-order chi connectivity index (χ0) is 26.7. The van der Waals surface area contributed by atoms with Gasteiger partial charge in [-0.25, -0.2) is 4.79 Å². The summed E-state index contributed by atoms with van der Waals surface area (Å²) in [4.78, 5) is 39.9. The van der Waals surface area contributed by atoms with Crippen molar-refractivity contribution in [3.8, 4) is 5.75 Å². The number of anilines is 1. The zero-order valence-electron chi connectivity index (χ0n) is 21.2. The van der Waals surface area contributed by atoms with E-state index in [-0.39, 0.29) is 17.4 Å². The minimum atomic E-state index is -0.860. The van der Waals surface area contributed by atoms with Crippen molar-refractivity contribution in [2.24, 2.45) is 0 Å². The lowest BCUT2D eigenvalue weighted by atomic mass is 9.94.